The summed E-state index contributed by atoms with van der Waals surface area (Å²) in [6.45, 7) is -0.653. The molecule has 1 aliphatic rings. The summed E-state index contributed by atoms with van der Waals surface area (Å²) in [5.74, 6) is -4.01. The van der Waals surface area contributed by atoms with Gasteiger partial charge in [0.25, 0.3) is 5.92 Å². The van der Waals surface area contributed by atoms with Crippen molar-refractivity contribution in [2.45, 2.75) is 24.9 Å². The third-order valence-corrected chi connectivity index (χ3v) is 3.28. The summed E-state index contributed by atoms with van der Waals surface area (Å²) >= 11 is 5.79. The number of carbonyl (C=O) groups is 1. The molecule has 1 unspecified atom stereocenters. The number of alkyl halides is 2. The topological polar surface area (TPSA) is 41.1 Å². The number of hydrogen-bond donors (Lipinski definition) is 2. The maximum Gasteiger partial charge on any atom is 0.262 e. The fourth-order valence-electron chi connectivity index (χ4n) is 1.90. The summed E-state index contributed by atoms with van der Waals surface area (Å²) < 4.78 is 39.3. The van der Waals surface area contributed by atoms with Crippen molar-refractivity contribution in [1.82, 2.24) is 10.6 Å². The van der Waals surface area contributed by atoms with Crippen LogP contribution >= 0.6 is 24.0 Å². The number of nitrogens with one attached hydrogen (secondary N) is 2. The highest BCUT2D eigenvalue weighted by molar-refractivity contribution is 6.31. The van der Waals surface area contributed by atoms with Crippen LogP contribution in [0.1, 0.15) is 12.0 Å². The van der Waals surface area contributed by atoms with E-state index in [1.807, 2.05) is 0 Å². The van der Waals surface area contributed by atoms with Gasteiger partial charge in [-0.15, -0.1) is 12.4 Å². The second-order valence-electron chi connectivity index (χ2n) is 4.41. The summed E-state index contributed by atoms with van der Waals surface area (Å²) in [4.78, 5) is 11.7. The van der Waals surface area contributed by atoms with Gasteiger partial charge in [-0.05, 0) is 12.1 Å². The van der Waals surface area contributed by atoms with Gasteiger partial charge in [-0.3, -0.25) is 10.1 Å². The van der Waals surface area contributed by atoms with Crippen LogP contribution in [-0.4, -0.2) is 24.4 Å². The maximum absolute atomic E-state index is 13.4. The highest BCUT2D eigenvalue weighted by Crippen LogP contribution is 2.25. The normalized spacial score (nSPS) is 20.3. The van der Waals surface area contributed by atoms with Crippen molar-refractivity contribution in [2.75, 3.05) is 6.54 Å². The van der Waals surface area contributed by atoms with Gasteiger partial charge in [0.15, 0.2) is 0 Å². The van der Waals surface area contributed by atoms with Gasteiger partial charge in [-0.25, -0.2) is 13.2 Å². The zero-order valence-corrected chi connectivity index (χ0v) is 11.8. The predicted molar refractivity (Wildman–Crippen MR) is 71.9 cm³/mol. The second-order valence-corrected chi connectivity index (χ2v) is 4.82. The molecule has 8 heteroatoms. The van der Waals surface area contributed by atoms with Crippen LogP contribution in [-0.2, 0) is 11.3 Å². The number of rotatable bonds is 3. The molecular formula is C12H13Cl2F3N2O. The van der Waals surface area contributed by atoms with E-state index in [9.17, 15) is 18.0 Å². The first-order valence-electron chi connectivity index (χ1n) is 5.71. The van der Waals surface area contributed by atoms with Gasteiger partial charge in [-0.2, -0.15) is 0 Å². The van der Waals surface area contributed by atoms with Crippen LogP contribution in [0.4, 0.5) is 13.2 Å². The van der Waals surface area contributed by atoms with E-state index < -0.39 is 36.7 Å². The van der Waals surface area contributed by atoms with E-state index in [0.29, 0.717) is 0 Å². The molecule has 2 N–H and O–H groups in total. The van der Waals surface area contributed by atoms with Crippen LogP contribution in [0, 0.1) is 5.82 Å². The molecule has 1 heterocycles. The Bertz CT molecular complexity index is 479. The number of carbonyl (C=O) groups excluding carboxylic acids is 1. The van der Waals surface area contributed by atoms with Gasteiger partial charge in [0.2, 0.25) is 5.91 Å². The molecule has 20 heavy (non-hydrogen) atoms. The highest BCUT2D eigenvalue weighted by Gasteiger charge is 2.42. The van der Waals surface area contributed by atoms with E-state index in [2.05, 4.69) is 10.6 Å². The molecule has 1 atom stereocenters. The van der Waals surface area contributed by atoms with E-state index in [4.69, 9.17) is 11.6 Å². The number of halogens is 5. The third-order valence-electron chi connectivity index (χ3n) is 2.93. The molecule has 0 spiro atoms. The van der Waals surface area contributed by atoms with E-state index in [-0.39, 0.29) is 29.5 Å². The molecule has 1 aromatic rings. The monoisotopic (exact) mass is 328 g/mol. The summed E-state index contributed by atoms with van der Waals surface area (Å²) in [5, 5.41) is 5.01. The van der Waals surface area contributed by atoms with Crippen LogP contribution in [0.25, 0.3) is 0 Å². The molecule has 2 rings (SSSR count). The van der Waals surface area contributed by atoms with Gasteiger partial charge < -0.3 is 5.32 Å². The number of benzene rings is 1. The van der Waals surface area contributed by atoms with Crippen molar-refractivity contribution in [3.63, 3.8) is 0 Å². The summed E-state index contributed by atoms with van der Waals surface area (Å²) in [6.07, 6.45) is -0.552. The largest absolute Gasteiger partial charge is 0.350 e. The maximum atomic E-state index is 13.4. The molecule has 1 aromatic carbocycles. The lowest BCUT2D eigenvalue weighted by Crippen LogP contribution is -2.40. The first kappa shape index (κ1) is 17.1. The number of hydrogen-bond acceptors (Lipinski definition) is 2. The molecule has 0 bridgehead atoms. The van der Waals surface area contributed by atoms with Gasteiger partial charge in [0, 0.05) is 23.6 Å². The molecule has 0 radical (unpaired) electrons. The van der Waals surface area contributed by atoms with Crippen molar-refractivity contribution >= 4 is 29.9 Å². The lowest BCUT2D eigenvalue weighted by Gasteiger charge is -2.12. The van der Waals surface area contributed by atoms with E-state index in [1.54, 1.807) is 0 Å². The van der Waals surface area contributed by atoms with Crippen LogP contribution in [0.5, 0.6) is 0 Å². The Morgan fingerprint density at radius 1 is 1.50 bits per heavy atom. The van der Waals surface area contributed by atoms with Crippen LogP contribution in [0.3, 0.4) is 0 Å². The van der Waals surface area contributed by atoms with Gasteiger partial charge >= 0.3 is 0 Å². The fourth-order valence-corrected chi connectivity index (χ4v) is 2.13. The minimum Gasteiger partial charge on any atom is -0.350 e. The number of amides is 1. The molecule has 0 aliphatic carbocycles. The Hall–Kier alpha value is -0.980. The zero-order chi connectivity index (χ0) is 14.0. The standard InChI is InChI=1S/C12H12ClF3N2O.ClH/c13-8-2-1-3-9(14)7(8)5-17-11(19)10-4-12(15,16)6-18-10;/h1-3,10,18H,4-6H2,(H,17,19);1H. The molecule has 112 valence electrons. The Labute approximate surface area is 125 Å². The molecule has 1 fully saturated rings. The highest BCUT2D eigenvalue weighted by atomic mass is 35.5. The van der Waals surface area contributed by atoms with Crippen molar-refractivity contribution in [3.05, 3.63) is 34.6 Å². The Morgan fingerprint density at radius 3 is 2.75 bits per heavy atom. The summed E-state index contributed by atoms with van der Waals surface area (Å²) in [7, 11) is 0. The summed E-state index contributed by atoms with van der Waals surface area (Å²) in [5.41, 5.74) is 0.141. The smallest absolute Gasteiger partial charge is 0.262 e. The molecule has 0 saturated carbocycles. The van der Waals surface area contributed by atoms with Gasteiger partial charge in [-0.1, -0.05) is 17.7 Å². The van der Waals surface area contributed by atoms with E-state index in [0.717, 1.165) is 0 Å². The van der Waals surface area contributed by atoms with Crippen LogP contribution < -0.4 is 10.6 Å². The molecular weight excluding hydrogens is 316 g/mol. The van der Waals surface area contributed by atoms with Crippen molar-refractivity contribution in [2.24, 2.45) is 0 Å². The zero-order valence-electron chi connectivity index (χ0n) is 10.3. The first-order valence-corrected chi connectivity index (χ1v) is 6.09. The SMILES string of the molecule is Cl.O=C(NCc1c(F)cccc1Cl)C1CC(F)(F)CN1. The minimum atomic E-state index is -2.88. The Kier molecular flexibility index (Phi) is 5.68. The quantitative estimate of drug-likeness (QED) is 0.895. The Balaban J connectivity index is 0.00000200. The van der Waals surface area contributed by atoms with Crippen LogP contribution in [0.2, 0.25) is 5.02 Å². The summed E-state index contributed by atoms with van der Waals surface area (Å²) in [6, 6.07) is 3.20. The lowest BCUT2D eigenvalue weighted by molar-refractivity contribution is -0.123. The third kappa shape index (κ3) is 4.01. The average Bonchev–Trinajstić information content (AvgIpc) is 2.69. The molecule has 1 saturated heterocycles. The van der Waals surface area contributed by atoms with Crippen molar-refractivity contribution < 1.29 is 18.0 Å². The van der Waals surface area contributed by atoms with E-state index >= 15 is 0 Å². The van der Waals surface area contributed by atoms with E-state index in [1.165, 1.54) is 18.2 Å². The fraction of sp³-hybridized carbons (Fsp3) is 0.417. The molecule has 1 amide bonds. The van der Waals surface area contributed by atoms with Crippen molar-refractivity contribution in [1.29, 1.82) is 0 Å². The predicted octanol–water partition coefficient (Wildman–Crippen LogP) is 2.51. The Morgan fingerprint density at radius 2 is 2.20 bits per heavy atom. The van der Waals surface area contributed by atoms with Crippen molar-refractivity contribution in [3.8, 4) is 0 Å². The molecule has 1 aliphatic heterocycles. The molecule has 3 nitrogen and oxygen atoms in total. The average molecular weight is 329 g/mol. The van der Waals surface area contributed by atoms with Gasteiger partial charge in [0.1, 0.15) is 5.82 Å². The molecule has 0 aromatic heterocycles. The van der Waals surface area contributed by atoms with Gasteiger partial charge in [0.05, 0.1) is 12.6 Å². The lowest BCUT2D eigenvalue weighted by atomic mass is 10.1. The second kappa shape index (κ2) is 6.65. The first-order chi connectivity index (χ1) is 8.89. The minimum absolute atomic E-state index is 0. The van der Waals surface area contributed by atoms with Crippen LogP contribution in [0.15, 0.2) is 18.2 Å².